The first-order valence-corrected chi connectivity index (χ1v) is 7.46. The maximum atomic E-state index is 5.77. The molecule has 110 valence electrons. The monoisotopic (exact) mass is 348 g/mol. The molecule has 5 heteroatoms. The van der Waals surface area contributed by atoms with Gasteiger partial charge in [0.2, 0.25) is 0 Å². The van der Waals surface area contributed by atoms with Gasteiger partial charge < -0.3 is 14.1 Å². The predicted octanol–water partition coefficient (Wildman–Crippen LogP) is 4.18. The highest BCUT2D eigenvalue weighted by Gasteiger charge is 2.23. The number of ether oxygens (including phenoxy) is 1. The predicted molar refractivity (Wildman–Crippen MR) is 86.8 cm³/mol. The smallest absolute Gasteiger partial charge is 0.169 e. The zero-order chi connectivity index (χ0) is 15.0. The van der Waals surface area contributed by atoms with Crippen molar-refractivity contribution in [1.29, 1.82) is 0 Å². The van der Waals surface area contributed by atoms with Gasteiger partial charge in [0, 0.05) is 22.7 Å². The van der Waals surface area contributed by atoms with Crippen LogP contribution in [0, 0.1) is 0 Å². The van der Waals surface area contributed by atoms with Gasteiger partial charge in [-0.25, -0.2) is 0 Å². The molecular weight excluding hydrogens is 332 g/mol. The van der Waals surface area contributed by atoms with E-state index in [9.17, 15) is 0 Å². The van der Waals surface area contributed by atoms with E-state index in [0.29, 0.717) is 0 Å². The normalized spacial score (nSPS) is 13.0. The highest BCUT2D eigenvalue weighted by molar-refractivity contribution is 9.10. The van der Waals surface area contributed by atoms with Crippen molar-refractivity contribution in [1.82, 2.24) is 9.88 Å². The summed E-state index contributed by atoms with van der Waals surface area (Å²) in [5.41, 5.74) is 2.25. The maximum Gasteiger partial charge on any atom is 0.169 e. The van der Waals surface area contributed by atoms with E-state index >= 15 is 0 Å². The third kappa shape index (κ3) is 2.59. The van der Waals surface area contributed by atoms with Gasteiger partial charge in [-0.1, -0.05) is 0 Å². The van der Waals surface area contributed by atoms with Crippen LogP contribution in [0.25, 0.3) is 10.9 Å². The molecular formula is C16H17BrN2O2. The van der Waals surface area contributed by atoms with Crippen LogP contribution in [0.1, 0.15) is 17.4 Å². The lowest BCUT2D eigenvalue weighted by molar-refractivity contribution is 0.294. The zero-order valence-electron chi connectivity index (χ0n) is 12.2. The molecule has 1 atom stereocenters. The van der Waals surface area contributed by atoms with Crippen molar-refractivity contribution in [2.45, 2.75) is 6.04 Å². The minimum Gasteiger partial charge on any atom is -0.497 e. The Kier molecular flexibility index (Phi) is 3.78. The summed E-state index contributed by atoms with van der Waals surface area (Å²) in [6, 6.07) is 9.99. The Morgan fingerprint density at radius 1 is 1.24 bits per heavy atom. The zero-order valence-corrected chi connectivity index (χ0v) is 13.8. The summed E-state index contributed by atoms with van der Waals surface area (Å²) in [4.78, 5) is 5.45. The Hall–Kier alpha value is -1.72. The van der Waals surface area contributed by atoms with E-state index in [1.807, 2.05) is 44.6 Å². The third-order valence-corrected chi connectivity index (χ3v) is 4.02. The molecule has 0 saturated heterocycles. The number of fused-ring (bicyclic) bond motifs is 1. The summed E-state index contributed by atoms with van der Waals surface area (Å²) in [5.74, 6) is 1.75. The Morgan fingerprint density at radius 3 is 2.67 bits per heavy atom. The molecule has 1 unspecified atom stereocenters. The summed E-state index contributed by atoms with van der Waals surface area (Å²) in [6.45, 7) is 0. The van der Waals surface area contributed by atoms with Gasteiger partial charge in [0.1, 0.15) is 11.5 Å². The first kappa shape index (κ1) is 14.2. The number of aromatic amines is 1. The number of nitrogens with one attached hydrogen (secondary N) is 1. The van der Waals surface area contributed by atoms with Crippen molar-refractivity contribution >= 4 is 26.8 Å². The number of aromatic nitrogens is 1. The fourth-order valence-electron chi connectivity index (χ4n) is 2.64. The quantitative estimate of drug-likeness (QED) is 0.768. The molecule has 0 saturated carbocycles. The van der Waals surface area contributed by atoms with Gasteiger partial charge in [-0.2, -0.15) is 0 Å². The van der Waals surface area contributed by atoms with Crippen molar-refractivity contribution in [2.24, 2.45) is 0 Å². The van der Waals surface area contributed by atoms with Gasteiger partial charge in [0.15, 0.2) is 4.67 Å². The van der Waals surface area contributed by atoms with Gasteiger partial charge in [-0.05, 0) is 60.4 Å². The van der Waals surface area contributed by atoms with Gasteiger partial charge in [0.05, 0.1) is 13.2 Å². The fraction of sp³-hybridized carbons (Fsp3) is 0.250. The van der Waals surface area contributed by atoms with Crippen molar-refractivity contribution in [3.05, 3.63) is 52.5 Å². The number of hydrogen-bond acceptors (Lipinski definition) is 3. The number of furan rings is 1. The standard InChI is InChI=1S/C16H17BrN2O2/c1-19(2)16(14-6-7-15(17)21-14)12-9-18-13-5-4-10(20-3)8-11(12)13/h4-9,16,18H,1-3H3. The van der Waals surface area contributed by atoms with Crippen molar-refractivity contribution in [3.63, 3.8) is 0 Å². The molecule has 0 aliphatic carbocycles. The van der Waals surface area contributed by atoms with Gasteiger partial charge in [-0.15, -0.1) is 0 Å². The Labute approximate surface area is 131 Å². The SMILES string of the molecule is COc1ccc2[nH]cc(C(c3ccc(Br)o3)N(C)C)c2c1. The summed E-state index contributed by atoms with van der Waals surface area (Å²) < 4.78 is 11.8. The Balaban J connectivity index is 2.15. The van der Waals surface area contributed by atoms with E-state index < -0.39 is 0 Å². The molecule has 1 aromatic carbocycles. The summed E-state index contributed by atoms with van der Waals surface area (Å²) in [6.07, 6.45) is 2.03. The van der Waals surface area contributed by atoms with Crippen LogP contribution in [0.3, 0.4) is 0 Å². The van der Waals surface area contributed by atoms with Crippen LogP contribution >= 0.6 is 15.9 Å². The van der Waals surface area contributed by atoms with Crippen LogP contribution in [-0.4, -0.2) is 31.1 Å². The van der Waals surface area contributed by atoms with E-state index in [2.05, 4.69) is 31.9 Å². The minimum atomic E-state index is 0.0390. The van der Waals surface area contributed by atoms with E-state index in [0.717, 1.165) is 32.6 Å². The minimum absolute atomic E-state index is 0.0390. The average Bonchev–Trinajstić information content (AvgIpc) is 3.06. The van der Waals surface area contributed by atoms with E-state index in [4.69, 9.17) is 9.15 Å². The second-order valence-corrected chi connectivity index (χ2v) is 5.95. The van der Waals surface area contributed by atoms with Crippen LogP contribution < -0.4 is 4.74 Å². The highest BCUT2D eigenvalue weighted by atomic mass is 79.9. The van der Waals surface area contributed by atoms with E-state index in [1.54, 1.807) is 7.11 Å². The summed E-state index contributed by atoms with van der Waals surface area (Å²) in [5, 5.41) is 1.14. The molecule has 2 heterocycles. The number of nitrogens with zero attached hydrogens (tertiary/aromatic N) is 1. The lowest BCUT2D eigenvalue weighted by atomic mass is 10.0. The molecule has 2 aromatic heterocycles. The van der Waals surface area contributed by atoms with Gasteiger partial charge in [-0.3, -0.25) is 4.90 Å². The van der Waals surface area contributed by atoms with Gasteiger partial charge in [0.25, 0.3) is 0 Å². The number of rotatable bonds is 4. The molecule has 0 amide bonds. The number of methoxy groups -OCH3 is 1. The second-order valence-electron chi connectivity index (χ2n) is 5.16. The fourth-order valence-corrected chi connectivity index (χ4v) is 2.95. The van der Waals surface area contributed by atoms with Crippen LogP contribution in [-0.2, 0) is 0 Å². The molecule has 3 rings (SSSR count). The average molecular weight is 349 g/mol. The first-order chi connectivity index (χ1) is 10.1. The topological polar surface area (TPSA) is 41.4 Å². The molecule has 0 bridgehead atoms. The van der Waals surface area contributed by atoms with Crippen molar-refractivity contribution in [2.75, 3.05) is 21.2 Å². The summed E-state index contributed by atoms with van der Waals surface area (Å²) >= 11 is 3.37. The van der Waals surface area contributed by atoms with Crippen LogP contribution in [0.15, 0.2) is 45.6 Å². The maximum absolute atomic E-state index is 5.77. The lowest BCUT2D eigenvalue weighted by Crippen LogP contribution is -2.20. The number of hydrogen-bond donors (Lipinski definition) is 1. The molecule has 1 N–H and O–H groups in total. The number of benzene rings is 1. The van der Waals surface area contributed by atoms with E-state index in [-0.39, 0.29) is 6.04 Å². The number of H-pyrrole nitrogens is 1. The van der Waals surface area contributed by atoms with Crippen LogP contribution in [0.5, 0.6) is 5.75 Å². The largest absolute Gasteiger partial charge is 0.497 e. The lowest BCUT2D eigenvalue weighted by Gasteiger charge is -2.22. The van der Waals surface area contributed by atoms with Crippen LogP contribution in [0.4, 0.5) is 0 Å². The molecule has 0 radical (unpaired) electrons. The van der Waals surface area contributed by atoms with Crippen molar-refractivity contribution in [3.8, 4) is 5.75 Å². The van der Waals surface area contributed by atoms with Crippen LogP contribution in [0.2, 0.25) is 0 Å². The Bertz CT molecular complexity index is 761. The molecule has 0 aliphatic heterocycles. The molecule has 0 aliphatic rings. The second kappa shape index (κ2) is 5.58. The molecule has 4 nitrogen and oxygen atoms in total. The highest BCUT2D eigenvalue weighted by Crippen LogP contribution is 2.35. The molecule has 21 heavy (non-hydrogen) atoms. The first-order valence-electron chi connectivity index (χ1n) is 6.67. The molecule has 0 spiro atoms. The summed E-state index contributed by atoms with van der Waals surface area (Å²) in [7, 11) is 5.76. The van der Waals surface area contributed by atoms with E-state index in [1.165, 1.54) is 0 Å². The number of halogens is 1. The molecule has 0 fully saturated rings. The third-order valence-electron chi connectivity index (χ3n) is 3.60. The van der Waals surface area contributed by atoms with Crippen molar-refractivity contribution < 1.29 is 9.15 Å². The molecule has 3 aromatic rings. The van der Waals surface area contributed by atoms with Gasteiger partial charge >= 0.3 is 0 Å². The Morgan fingerprint density at radius 2 is 2.05 bits per heavy atom.